The van der Waals surface area contributed by atoms with E-state index < -0.39 is 0 Å². The maximum absolute atomic E-state index is 6.02. The van der Waals surface area contributed by atoms with Gasteiger partial charge in [-0.05, 0) is 43.4 Å². The first-order valence-corrected chi connectivity index (χ1v) is 5.71. The maximum atomic E-state index is 6.02. The number of benzene rings is 1. The van der Waals surface area contributed by atoms with Crippen molar-refractivity contribution in [1.82, 2.24) is 0 Å². The van der Waals surface area contributed by atoms with Crippen molar-refractivity contribution in [3.05, 3.63) is 47.5 Å². The van der Waals surface area contributed by atoms with E-state index in [0.29, 0.717) is 0 Å². The van der Waals surface area contributed by atoms with Crippen LogP contribution in [0.4, 0.5) is 0 Å². The summed E-state index contributed by atoms with van der Waals surface area (Å²) in [5.41, 5.74) is 7.27. The van der Waals surface area contributed by atoms with E-state index in [2.05, 4.69) is 6.58 Å². The second-order valence-electron chi connectivity index (χ2n) is 3.81. The molecule has 0 aliphatic carbocycles. The molecule has 1 aromatic rings. The van der Waals surface area contributed by atoms with Crippen LogP contribution >= 0.6 is 11.6 Å². The van der Waals surface area contributed by atoms with Gasteiger partial charge in [0, 0.05) is 11.1 Å². The van der Waals surface area contributed by atoms with Gasteiger partial charge in [0.25, 0.3) is 0 Å². The number of halogens is 1. The molecule has 1 unspecified atom stereocenters. The van der Waals surface area contributed by atoms with Crippen LogP contribution in [0.15, 0.2) is 36.9 Å². The van der Waals surface area contributed by atoms with E-state index in [1.54, 1.807) is 0 Å². The molecule has 0 aromatic heterocycles. The molecule has 15 heavy (non-hydrogen) atoms. The van der Waals surface area contributed by atoms with Gasteiger partial charge in [-0.3, -0.25) is 0 Å². The average molecular weight is 224 g/mol. The molecular formula is C13H18ClN. The van der Waals surface area contributed by atoms with Gasteiger partial charge < -0.3 is 5.73 Å². The molecule has 1 aromatic carbocycles. The summed E-state index contributed by atoms with van der Waals surface area (Å²) in [7, 11) is 0. The third-order valence-electron chi connectivity index (χ3n) is 2.39. The SMILES string of the molecule is C=CCCCC(N)Cc1ccc(Cl)cc1. The van der Waals surface area contributed by atoms with Crippen LogP contribution in [0.1, 0.15) is 24.8 Å². The Morgan fingerprint density at radius 1 is 1.33 bits per heavy atom. The Balaban J connectivity index is 2.34. The molecule has 1 rings (SSSR count). The van der Waals surface area contributed by atoms with Crippen LogP contribution in [-0.4, -0.2) is 6.04 Å². The molecule has 0 aliphatic rings. The third-order valence-corrected chi connectivity index (χ3v) is 2.65. The van der Waals surface area contributed by atoms with Gasteiger partial charge in [0.05, 0.1) is 0 Å². The summed E-state index contributed by atoms with van der Waals surface area (Å²) in [6.07, 6.45) is 6.09. The Kier molecular flexibility index (Phi) is 5.44. The summed E-state index contributed by atoms with van der Waals surface area (Å²) >= 11 is 5.81. The second kappa shape index (κ2) is 6.65. The van der Waals surface area contributed by atoms with Crippen molar-refractivity contribution in [3.63, 3.8) is 0 Å². The molecule has 0 heterocycles. The minimum Gasteiger partial charge on any atom is -0.327 e. The molecular weight excluding hydrogens is 206 g/mol. The summed E-state index contributed by atoms with van der Waals surface area (Å²) < 4.78 is 0. The molecule has 0 saturated carbocycles. The van der Waals surface area contributed by atoms with Crippen LogP contribution in [0.3, 0.4) is 0 Å². The van der Waals surface area contributed by atoms with Gasteiger partial charge in [0.2, 0.25) is 0 Å². The normalized spacial score (nSPS) is 12.4. The summed E-state index contributed by atoms with van der Waals surface area (Å²) in [6.45, 7) is 3.70. The van der Waals surface area contributed by atoms with Crippen molar-refractivity contribution in [2.45, 2.75) is 31.7 Å². The van der Waals surface area contributed by atoms with Crippen LogP contribution < -0.4 is 5.73 Å². The fraction of sp³-hybridized carbons (Fsp3) is 0.385. The average Bonchev–Trinajstić information content (AvgIpc) is 2.22. The maximum Gasteiger partial charge on any atom is 0.0406 e. The van der Waals surface area contributed by atoms with Gasteiger partial charge in [-0.1, -0.05) is 29.8 Å². The van der Waals surface area contributed by atoms with Crippen LogP contribution in [0.5, 0.6) is 0 Å². The number of hydrogen-bond donors (Lipinski definition) is 1. The van der Waals surface area contributed by atoms with Crippen molar-refractivity contribution in [2.24, 2.45) is 5.73 Å². The Morgan fingerprint density at radius 3 is 2.60 bits per heavy atom. The molecule has 2 N–H and O–H groups in total. The van der Waals surface area contributed by atoms with Gasteiger partial charge in [-0.2, -0.15) is 0 Å². The topological polar surface area (TPSA) is 26.0 Å². The lowest BCUT2D eigenvalue weighted by molar-refractivity contribution is 0.584. The van der Waals surface area contributed by atoms with E-state index in [9.17, 15) is 0 Å². The van der Waals surface area contributed by atoms with E-state index in [-0.39, 0.29) is 6.04 Å². The predicted molar refractivity (Wildman–Crippen MR) is 67.2 cm³/mol. The first-order valence-electron chi connectivity index (χ1n) is 5.33. The van der Waals surface area contributed by atoms with Crippen LogP contribution in [0.25, 0.3) is 0 Å². The molecule has 0 bridgehead atoms. The number of hydrogen-bond acceptors (Lipinski definition) is 1. The van der Waals surface area contributed by atoms with Crippen molar-refractivity contribution in [2.75, 3.05) is 0 Å². The predicted octanol–water partition coefficient (Wildman–Crippen LogP) is 3.57. The van der Waals surface area contributed by atoms with Crippen molar-refractivity contribution in [3.8, 4) is 0 Å². The molecule has 0 amide bonds. The molecule has 82 valence electrons. The molecule has 1 nitrogen and oxygen atoms in total. The first-order chi connectivity index (χ1) is 7.22. The minimum atomic E-state index is 0.242. The van der Waals surface area contributed by atoms with E-state index in [1.165, 1.54) is 5.56 Å². The van der Waals surface area contributed by atoms with Gasteiger partial charge >= 0.3 is 0 Å². The third kappa shape index (κ3) is 5.01. The summed E-state index contributed by atoms with van der Waals surface area (Å²) in [4.78, 5) is 0. The second-order valence-corrected chi connectivity index (χ2v) is 4.25. The number of allylic oxidation sites excluding steroid dienone is 1. The van der Waals surface area contributed by atoms with Crippen molar-refractivity contribution >= 4 is 11.6 Å². The van der Waals surface area contributed by atoms with Gasteiger partial charge in [0.1, 0.15) is 0 Å². The Labute approximate surface area is 96.9 Å². The van der Waals surface area contributed by atoms with E-state index in [4.69, 9.17) is 17.3 Å². The van der Waals surface area contributed by atoms with Crippen molar-refractivity contribution in [1.29, 1.82) is 0 Å². The Bertz CT molecular complexity index is 292. The highest BCUT2D eigenvalue weighted by Crippen LogP contribution is 2.12. The van der Waals surface area contributed by atoms with E-state index in [0.717, 1.165) is 30.7 Å². The monoisotopic (exact) mass is 223 g/mol. The summed E-state index contributed by atoms with van der Waals surface area (Å²) in [5, 5.41) is 0.777. The zero-order valence-corrected chi connectivity index (χ0v) is 9.71. The minimum absolute atomic E-state index is 0.242. The molecule has 2 heteroatoms. The molecule has 0 saturated heterocycles. The molecule has 0 spiro atoms. The smallest absolute Gasteiger partial charge is 0.0406 e. The fourth-order valence-corrected chi connectivity index (χ4v) is 1.68. The standard InChI is InChI=1S/C13H18ClN/c1-2-3-4-5-13(15)10-11-6-8-12(14)9-7-11/h2,6-9,13H,1,3-5,10,15H2. The summed E-state index contributed by atoms with van der Waals surface area (Å²) in [6, 6.07) is 8.14. The van der Waals surface area contributed by atoms with E-state index >= 15 is 0 Å². The van der Waals surface area contributed by atoms with Crippen LogP contribution in [0.2, 0.25) is 5.02 Å². The highest BCUT2D eigenvalue weighted by molar-refractivity contribution is 6.30. The lowest BCUT2D eigenvalue weighted by Gasteiger charge is -2.10. The summed E-state index contributed by atoms with van der Waals surface area (Å²) in [5.74, 6) is 0. The quantitative estimate of drug-likeness (QED) is 0.579. The van der Waals surface area contributed by atoms with E-state index in [1.807, 2.05) is 30.3 Å². The Morgan fingerprint density at radius 2 is 2.00 bits per heavy atom. The van der Waals surface area contributed by atoms with Gasteiger partial charge in [-0.15, -0.1) is 6.58 Å². The molecule has 1 atom stereocenters. The number of rotatable bonds is 6. The first kappa shape index (κ1) is 12.3. The largest absolute Gasteiger partial charge is 0.327 e. The lowest BCUT2D eigenvalue weighted by Crippen LogP contribution is -2.22. The zero-order chi connectivity index (χ0) is 11.1. The lowest BCUT2D eigenvalue weighted by atomic mass is 10.0. The van der Waals surface area contributed by atoms with Crippen molar-refractivity contribution < 1.29 is 0 Å². The number of unbranched alkanes of at least 4 members (excludes halogenated alkanes) is 1. The highest BCUT2D eigenvalue weighted by atomic mass is 35.5. The van der Waals surface area contributed by atoms with Crippen LogP contribution in [0, 0.1) is 0 Å². The zero-order valence-electron chi connectivity index (χ0n) is 8.95. The molecule has 0 aliphatic heterocycles. The van der Waals surface area contributed by atoms with Gasteiger partial charge in [0.15, 0.2) is 0 Å². The molecule has 0 radical (unpaired) electrons. The fourth-order valence-electron chi connectivity index (χ4n) is 1.55. The van der Waals surface area contributed by atoms with Crippen LogP contribution in [-0.2, 0) is 6.42 Å². The number of nitrogens with two attached hydrogens (primary N) is 1. The Hall–Kier alpha value is -0.790. The highest BCUT2D eigenvalue weighted by Gasteiger charge is 2.03. The van der Waals surface area contributed by atoms with Gasteiger partial charge in [-0.25, -0.2) is 0 Å². The molecule has 0 fully saturated rings.